The summed E-state index contributed by atoms with van der Waals surface area (Å²) in [6.45, 7) is 0. The third-order valence-electron chi connectivity index (χ3n) is 5.91. The maximum atomic E-state index is 13.6. The van der Waals surface area contributed by atoms with Gasteiger partial charge in [0.25, 0.3) is 0 Å². The number of anilines is 1. The first-order chi connectivity index (χ1) is 13.9. The van der Waals surface area contributed by atoms with Crippen LogP contribution >= 0.6 is 11.6 Å². The predicted octanol–water partition coefficient (Wildman–Crippen LogP) is 2.48. The Balaban J connectivity index is 1.65. The minimum Gasteiger partial charge on any atom is -0.368 e. The van der Waals surface area contributed by atoms with Gasteiger partial charge < -0.3 is 10.6 Å². The number of primary amides is 1. The fraction of sp³-hybridized carbons (Fsp3) is 0.190. The summed E-state index contributed by atoms with van der Waals surface area (Å²) in [7, 11) is 0. The van der Waals surface area contributed by atoms with Gasteiger partial charge in [-0.1, -0.05) is 35.9 Å². The third-order valence-corrected chi connectivity index (χ3v) is 6.20. The highest BCUT2D eigenvalue weighted by Crippen LogP contribution is 2.53. The van der Waals surface area contributed by atoms with E-state index in [1.54, 1.807) is 11.1 Å². The van der Waals surface area contributed by atoms with Gasteiger partial charge in [-0.15, -0.1) is 0 Å². The molecule has 4 atom stereocenters. The van der Waals surface area contributed by atoms with Crippen LogP contribution in [0, 0.1) is 17.7 Å². The molecule has 2 aromatic rings. The number of amides is 3. The molecule has 0 unspecified atom stereocenters. The Bertz CT molecular complexity index is 1120. The lowest BCUT2D eigenvalue weighted by Gasteiger charge is -2.34. The zero-order valence-corrected chi connectivity index (χ0v) is 15.7. The zero-order chi connectivity index (χ0) is 20.4. The molecular weight excluding hydrogens is 397 g/mol. The number of carbonyl (C=O) groups is 3. The summed E-state index contributed by atoms with van der Waals surface area (Å²) >= 11 is 5.85. The fourth-order valence-corrected chi connectivity index (χ4v) is 4.94. The van der Waals surface area contributed by atoms with Crippen molar-refractivity contribution in [2.24, 2.45) is 17.6 Å². The first-order valence-corrected chi connectivity index (χ1v) is 9.44. The summed E-state index contributed by atoms with van der Waals surface area (Å²) in [5, 5.41) is -0.195. The molecule has 146 valence electrons. The van der Waals surface area contributed by atoms with Crippen LogP contribution in [0.4, 0.5) is 10.1 Å². The smallest absolute Gasteiger partial charge is 0.240 e. The molecule has 0 saturated carbocycles. The molecule has 3 aliphatic heterocycles. The number of carbonyl (C=O) groups excluding carboxylic acids is 3. The second kappa shape index (κ2) is 6.15. The van der Waals surface area contributed by atoms with Gasteiger partial charge in [-0.05, 0) is 35.4 Å². The number of nitrogens with two attached hydrogens (primary N) is 1. The molecule has 2 saturated heterocycles. The van der Waals surface area contributed by atoms with Crippen molar-refractivity contribution in [3.05, 3.63) is 70.6 Å². The Labute approximate surface area is 170 Å². The van der Waals surface area contributed by atoms with Crippen LogP contribution < -0.4 is 10.6 Å². The van der Waals surface area contributed by atoms with Gasteiger partial charge in [-0.3, -0.25) is 14.4 Å². The summed E-state index contributed by atoms with van der Waals surface area (Å²) < 4.78 is 13.6. The Morgan fingerprint density at radius 3 is 2.52 bits per heavy atom. The van der Waals surface area contributed by atoms with E-state index < -0.39 is 47.5 Å². The molecule has 0 radical (unpaired) electrons. The number of benzene rings is 2. The lowest BCUT2D eigenvalue weighted by Crippen LogP contribution is -2.46. The van der Waals surface area contributed by atoms with Crippen molar-refractivity contribution < 1.29 is 18.8 Å². The summed E-state index contributed by atoms with van der Waals surface area (Å²) in [6, 6.07) is 9.74. The van der Waals surface area contributed by atoms with Crippen molar-refractivity contribution in [2.45, 2.75) is 12.1 Å². The van der Waals surface area contributed by atoms with Crippen molar-refractivity contribution in [3.63, 3.8) is 0 Å². The highest BCUT2D eigenvalue weighted by atomic mass is 35.5. The highest BCUT2D eigenvalue weighted by molar-refractivity contribution is 6.31. The van der Waals surface area contributed by atoms with Crippen LogP contribution in [-0.4, -0.2) is 28.7 Å². The molecule has 29 heavy (non-hydrogen) atoms. The van der Waals surface area contributed by atoms with Crippen LogP contribution in [0.5, 0.6) is 0 Å². The van der Waals surface area contributed by atoms with Crippen LogP contribution in [0.15, 0.2) is 48.7 Å². The third kappa shape index (κ3) is 2.37. The van der Waals surface area contributed by atoms with E-state index in [9.17, 15) is 18.8 Å². The molecule has 3 amide bonds. The normalized spacial score (nSPS) is 27.1. The maximum absolute atomic E-state index is 13.6. The van der Waals surface area contributed by atoms with E-state index in [2.05, 4.69) is 0 Å². The van der Waals surface area contributed by atoms with E-state index in [0.29, 0.717) is 0 Å². The van der Waals surface area contributed by atoms with Gasteiger partial charge in [-0.2, -0.15) is 0 Å². The van der Waals surface area contributed by atoms with Crippen LogP contribution in [0.1, 0.15) is 17.2 Å². The lowest BCUT2D eigenvalue weighted by molar-refractivity contribution is -0.129. The minimum atomic E-state index is -0.952. The van der Waals surface area contributed by atoms with E-state index in [0.717, 1.165) is 22.1 Å². The van der Waals surface area contributed by atoms with E-state index in [4.69, 9.17) is 17.3 Å². The van der Waals surface area contributed by atoms with Crippen molar-refractivity contribution >= 4 is 41.1 Å². The highest BCUT2D eigenvalue weighted by Gasteiger charge is 2.64. The first kappa shape index (κ1) is 17.9. The predicted molar refractivity (Wildman–Crippen MR) is 104 cm³/mol. The molecule has 2 aromatic carbocycles. The molecule has 0 aliphatic carbocycles. The van der Waals surface area contributed by atoms with Gasteiger partial charge in [0.2, 0.25) is 17.7 Å². The Morgan fingerprint density at radius 2 is 1.79 bits per heavy atom. The monoisotopic (exact) mass is 411 g/mol. The number of imide groups is 1. The minimum absolute atomic E-state index is 0.176. The zero-order valence-electron chi connectivity index (χ0n) is 15.0. The van der Waals surface area contributed by atoms with Crippen molar-refractivity contribution in [3.8, 4) is 0 Å². The standard InChI is InChI=1S/C21H15ClFN3O3/c22-13-9-11(5-6-14(13)23)26-20(28)15-16(21(26)29)18(19(24)27)25-8-7-10-3-1-2-4-12(10)17(15)25/h1-9,15-18H,(H2,24,27)/t15-,16-,17+,18+/m1/s1. The summed E-state index contributed by atoms with van der Waals surface area (Å²) in [5.74, 6) is -4.02. The molecule has 0 aromatic heterocycles. The van der Waals surface area contributed by atoms with Gasteiger partial charge in [-0.25, -0.2) is 9.29 Å². The van der Waals surface area contributed by atoms with Gasteiger partial charge in [0.05, 0.1) is 28.6 Å². The Hall–Kier alpha value is -3.19. The van der Waals surface area contributed by atoms with Crippen LogP contribution in [0.25, 0.3) is 6.08 Å². The van der Waals surface area contributed by atoms with Crippen LogP contribution in [-0.2, 0) is 14.4 Å². The number of fused-ring (bicyclic) bond motifs is 5. The topological polar surface area (TPSA) is 83.7 Å². The summed E-state index contributed by atoms with van der Waals surface area (Å²) in [4.78, 5) is 41.7. The Morgan fingerprint density at radius 1 is 1.07 bits per heavy atom. The lowest BCUT2D eigenvalue weighted by atomic mass is 9.84. The van der Waals surface area contributed by atoms with Gasteiger partial charge >= 0.3 is 0 Å². The molecule has 5 rings (SSSR count). The number of hydrogen-bond acceptors (Lipinski definition) is 4. The number of rotatable bonds is 2. The summed E-state index contributed by atoms with van der Waals surface area (Å²) in [5.41, 5.74) is 7.60. The fourth-order valence-electron chi connectivity index (χ4n) is 4.76. The maximum Gasteiger partial charge on any atom is 0.240 e. The second-order valence-electron chi connectivity index (χ2n) is 7.35. The molecule has 3 heterocycles. The molecular formula is C21H15ClFN3O3. The second-order valence-corrected chi connectivity index (χ2v) is 7.75. The average Bonchev–Trinajstić information content (AvgIpc) is 3.17. The first-order valence-electron chi connectivity index (χ1n) is 9.07. The molecule has 8 heteroatoms. The molecule has 2 fully saturated rings. The van der Waals surface area contributed by atoms with Crippen molar-refractivity contribution in [2.75, 3.05) is 4.90 Å². The van der Waals surface area contributed by atoms with E-state index in [1.807, 2.05) is 30.3 Å². The molecule has 2 N–H and O–H groups in total. The number of halogens is 2. The van der Waals surface area contributed by atoms with E-state index in [-0.39, 0.29) is 10.7 Å². The van der Waals surface area contributed by atoms with Crippen molar-refractivity contribution in [1.82, 2.24) is 4.90 Å². The van der Waals surface area contributed by atoms with Crippen LogP contribution in [0.2, 0.25) is 5.02 Å². The van der Waals surface area contributed by atoms with E-state index >= 15 is 0 Å². The Kier molecular flexibility index (Phi) is 3.79. The molecule has 0 spiro atoms. The summed E-state index contributed by atoms with van der Waals surface area (Å²) in [6.07, 6.45) is 3.57. The van der Waals surface area contributed by atoms with Gasteiger partial charge in [0, 0.05) is 6.20 Å². The van der Waals surface area contributed by atoms with E-state index in [1.165, 1.54) is 12.1 Å². The SMILES string of the molecule is NC(=O)[C@@H]1[C@@H]2C(=O)N(c3ccc(F)c(Cl)c3)C(=O)[C@H]2[C@@H]2c3ccccc3C=CN12. The van der Waals surface area contributed by atoms with Crippen molar-refractivity contribution in [1.29, 1.82) is 0 Å². The molecule has 3 aliphatic rings. The van der Waals surface area contributed by atoms with Gasteiger partial charge in [0.1, 0.15) is 11.9 Å². The quantitative estimate of drug-likeness (QED) is 0.769. The van der Waals surface area contributed by atoms with Gasteiger partial charge in [0.15, 0.2) is 0 Å². The average molecular weight is 412 g/mol. The molecule has 6 nitrogen and oxygen atoms in total. The number of nitrogens with zero attached hydrogens (tertiary/aromatic N) is 2. The molecule has 0 bridgehead atoms. The number of hydrogen-bond donors (Lipinski definition) is 1. The largest absolute Gasteiger partial charge is 0.368 e. The van der Waals surface area contributed by atoms with Crippen LogP contribution in [0.3, 0.4) is 0 Å².